The van der Waals surface area contributed by atoms with Crippen molar-refractivity contribution in [2.75, 3.05) is 25.4 Å². The highest BCUT2D eigenvalue weighted by Gasteiger charge is 2.29. The Morgan fingerprint density at radius 3 is 2.61 bits per heavy atom. The van der Waals surface area contributed by atoms with E-state index in [0.717, 1.165) is 28.0 Å². The van der Waals surface area contributed by atoms with E-state index in [1.807, 2.05) is 6.92 Å². The monoisotopic (exact) mass is 406 g/mol. The maximum absolute atomic E-state index is 12.0. The first-order valence-corrected chi connectivity index (χ1v) is 9.75. The van der Waals surface area contributed by atoms with Gasteiger partial charge in [0, 0.05) is 19.2 Å². The highest BCUT2D eigenvalue weighted by molar-refractivity contribution is 8.14. The molecule has 1 aromatic rings. The van der Waals surface area contributed by atoms with Crippen LogP contribution in [0.5, 0.6) is 5.75 Å². The van der Waals surface area contributed by atoms with Gasteiger partial charge in [0.25, 0.3) is 11.1 Å². The third kappa shape index (κ3) is 6.41. The summed E-state index contributed by atoms with van der Waals surface area (Å²) in [5.41, 5.74) is 0.787. The minimum atomic E-state index is -1.00. The molecule has 28 heavy (non-hydrogen) atoms. The number of imide groups is 1. The molecule has 1 N–H and O–H groups in total. The van der Waals surface area contributed by atoms with Crippen molar-refractivity contribution < 1.29 is 28.7 Å². The molecule has 1 atom stereocenters. The van der Waals surface area contributed by atoms with Gasteiger partial charge in [-0.25, -0.2) is 4.79 Å². The average molecular weight is 406 g/mol. The van der Waals surface area contributed by atoms with Gasteiger partial charge in [-0.2, -0.15) is 0 Å². The van der Waals surface area contributed by atoms with Crippen LogP contribution in [0.15, 0.2) is 30.3 Å². The third-order valence-corrected chi connectivity index (χ3v) is 4.60. The number of rotatable bonds is 9. The van der Waals surface area contributed by atoms with Crippen molar-refractivity contribution >= 4 is 40.9 Å². The fourth-order valence-corrected chi connectivity index (χ4v) is 3.06. The highest BCUT2D eigenvalue weighted by Crippen LogP contribution is 2.17. The van der Waals surface area contributed by atoms with E-state index in [1.54, 1.807) is 30.3 Å². The first kappa shape index (κ1) is 21.5. The summed E-state index contributed by atoms with van der Waals surface area (Å²) in [4.78, 5) is 47.8. The van der Waals surface area contributed by atoms with Gasteiger partial charge in [-0.3, -0.25) is 19.3 Å². The summed E-state index contributed by atoms with van der Waals surface area (Å²) < 4.78 is 10.4. The smallest absolute Gasteiger partial charge is 0.331 e. The lowest BCUT2D eigenvalue weighted by Gasteiger charge is -2.15. The van der Waals surface area contributed by atoms with Crippen LogP contribution in [0.4, 0.5) is 4.79 Å². The normalized spacial score (nSPS) is 15.0. The Balaban J connectivity index is 1.73. The third-order valence-electron chi connectivity index (χ3n) is 3.74. The lowest BCUT2D eigenvalue weighted by molar-refractivity contribution is -0.150. The topological polar surface area (TPSA) is 102 Å². The molecular weight excluding hydrogens is 384 g/mol. The van der Waals surface area contributed by atoms with Gasteiger partial charge >= 0.3 is 5.97 Å². The standard InChI is InChI=1S/C19H22N2O6S/c1-3-26-15-7-4-14(5-8-15)6-9-17(23)27-13(2)18(24)20-10-11-21-16(22)12-28-19(21)25/h4-9,13H,3,10-12H2,1-2H3,(H,20,24)/b9-6+/t13-/m0/s1. The van der Waals surface area contributed by atoms with Crippen molar-refractivity contribution in [1.29, 1.82) is 0 Å². The Labute approximate surface area is 167 Å². The van der Waals surface area contributed by atoms with E-state index < -0.39 is 18.0 Å². The molecule has 1 aliphatic heterocycles. The summed E-state index contributed by atoms with van der Waals surface area (Å²) in [6.45, 7) is 4.10. The van der Waals surface area contributed by atoms with Crippen LogP contribution in [0.3, 0.4) is 0 Å². The lowest BCUT2D eigenvalue weighted by atomic mass is 10.2. The minimum absolute atomic E-state index is 0.0920. The number of carbonyl (C=O) groups is 4. The van der Waals surface area contributed by atoms with Gasteiger partial charge in [0.1, 0.15) is 5.75 Å². The van der Waals surface area contributed by atoms with Crippen LogP contribution in [0.1, 0.15) is 19.4 Å². The summed E-state index contributed by atoms with van der Waals surface area (Å²) in [5.74, 6) is -0.569. The highest BCUT2D eigenvalue weighted by atomic mass is 32.2. The maximum atomic E-state index is 12.0. The zero-order valence-electron chi connectivity index (χ0n) is 15.7. The summed E-state index contributed by atoms with van der Waals surface area (Å²) in [6.07, 6.45) is 1.81. The number of hydrogen-bond acceptors (Lipinski definition) is 7. The Bertz CT molecular complexity index is 746. The largest absolute Gasteiger partial charge is 0.494 e. The molecule has 0 spiro atoms. The van der Waals surface area contributed by atoms with E-state index >= 15 is 0 Å². The lowest BCUT2D eigenvalue weighted by Crippen LogP contribution is -2.41. The minimum Gasteiger partial charge on any atom is -0.494 e. The molecule has 9 heteroatoms. The molecule has 3 amide bonds. The van der Waals surface area contributed by atoms with Crippen LogP contribution in [0.25, 0.3) is 6.08 Å². The molecule has 0 unspecified atom stereocenters. The fourth-order valence-electron chi connectivity index (χ4n) is 2.30. The quantitative estimate of drug-likeness (QED) is 0.493. The van der Waals surface area contributed by atoms with Crippen LogP contribution in [0.2, 0.25) is 0 Å². The fraction of sp³-hybridized carbons (Fsp3) is 0.368. The average Bonchev–Trinajstić information content (AvgIpc) is 2.99. The molecule has 1 heterocycles. The van der Waals surface area contributed by atoms with Gasteiger partial charge in [-0.05, 0) is 37.6 Å². The second kappa shape index (κ2) is 10.5. The molecule has 1 fully saturated rings. The summed E-state index contributed by atoms with van der Waals surface area (Å²) in [6, 6.07) is 7.17. The molecule has 0 aromatic heterocycles. The number of ether oxygens (including phenoxy) is 2. The molecule has 8 nitrogen and oxygen atoms in total. The number of amides is 3. The zero-order valence-corrected chi connectivity index (χ0v) is 16.5. The number of hydrogen-bond donors (Lipinski definition) is 1. The van der Waals surface area contributed by atoms with Crippen molar-refractivity contribution in [3.63, 3.8) is 0 Å². The maximum Gasteiger partial charge on any atom is 0.331 e. The van der Waals surface area contributed by atoms with Crippen LogP contribution in [-0.4, -0.2) is 59.5 Å². The molecule has 0 bridgehead atoms. The SMILES string of the molecule is CCOc1ccc(/C=C/C(=O)O[C@@H](C)C(=O)NCCN2C(=O)CSC2=O)cc1. The van der Waals surface area contributed by atoms with E-state index in [1.165, 1.54) is 13.0 Å². The summed E-state index contributed by atoms with van der Waals surface area (Å²) in [7, 11) is 0. The molecule has 150 valence electrons. The van der Waals surface area contributed by atoms with E-state index in [0.29, 0.717) is 6.61 Å². The predicted octanol–water partition coefficient (Wildman–Crippen LogP) is 1.84. The number of thioether (sulfide) groups is 1. The number of benzene rings is 1. The number of nitrogens with zero attached hydrogens (tertiary/aromatic N) is 1. The van der Waals surface area contributed by atoms with Crippen LogP contribution in [0, 0.1) is 0 Å². The van der Waals surface area contributed by atoms with Crippen molar-refractivity contribution in [2.24, 2.45) is 0 Å². The van der Waals surface area contributed by atoms with Crippen molar-refractivity contribution in [3.8, 4) is 5.75 Å². The molecule has 0 saturated carbocycles. The Hall–Kier alpha value is -2.81. The van der Waals surface area contributed by atoms with Gasteiger partial charge < -0.3 is 14.8 Å². The van der Waals surface area contributed by atoms with Crippen LogP contribution < -0.4 is 10.1 Å². The van der Waals surface area contributed by atoms with Gasteiger partial charge in [0.15, 0.2) is 6.10 Å². The molecular formula is C19H22N2O6S. The Kier molecular flexibility index (Phi) is 8.06. The van der Waals surface area contributed by atoms with E-state index in [2.05, 4.69) is 5.32 Å². The zero-order chi connectivity index (χ0) is 20.5. The van der Waals surface area contributed by atoms with Gasteiger partial charge in [-0.1, -0.05) is 23.9 Å². The van der Waals surface area contributed by atoms with E-state index in [4.69, 9.17) is 9.47 Å². The Morgan fingerprint density at radius 2 is 2.00 bits per heavy atom. The number of carbonyl (C=O) groups excluding carboxylic acids is 4. The van der Waals surface area contributed by atoms with Gasteiger partial charge in [-0.15, -0.1) is 0 Å². The van der Waals surface area contributed by atoms with E-state index in [9.17, 15) is 19.2 Å². The van der Waals surface area contributed by atoms with Crippen LogP contribution in [-0.2, 0) is 19.1 Å². The first-order valence-electron chi connectivity index (χ1n) is 8.77. The molecule has 1 aromatic carbocycles. The predicted molar refractivity (Wildman–Crippen MR) is 105 cm³/mol. The van der Waals surface area contributed by atoms with Crippen molar-refractivity contribution in [3.05, 3.63) is 35.9 Å². The molecule has 2 rings (SSSR count). The molecule has 1 saturated heterocycles. The van der Waals surface area contributed by atoms with Crippen LogP contribution >= 0.6 is 11.8 Å². The van der Waals surface area contributed by atoms with Gasteiger partial charge in [0.05, 0.1) is 12.4 Å². The molecule has 1 aliphatic rings. The Morgan fingerprint density at radius 1 is 1.29 bits per heavy atom. The van der Waals surface area contributed by atoms with Crippen molar-refractivity contribution in [2.45, 2.75) is 20.0 Å². The van der Waals surface area contributed by atoms with Crippen molar-refractivity contribution in [1.82, 2.24) is 10.2 Å². The second-order valence-corrected chi connectivity index (χ2v) is 6.73. The second-order valence-electron chi connectivity index (χ2n) is 5.81. The molecule has 0 aliphatic carbocycles. The number of nitrogens with one attached hydrogen (secondary N) is 1. The molecule has 0 radical (unpaired) electrons. The summed E-state index contributed by atoms with van der Waals surface area (Å²) >= 11 is 0.935. The first-order chi connectivity index (χ1) is 13.4. The van der Waals surface area contributed by atoms with E-state index in [-0.39, 0.29) is 30.0 Å². The van der Waals surface area contributed by atoms with Gasteiger partial charge in [0.2, 0.25) is 5.91 Å². The number of esters is 1. The summed E-state index contributed by atoms with van der Waals surface area (Å²) in [5, 5.41) is 2.22.